The molecule has 3 rings (SSSR count). The quantitative estimate of drug-likeness (QED) is 0.797. The molecule has 0 saturated heterocycles. The van der Waals surface area contributed by atoms with E-state index < -0.39 is 6.10 Å². The van der Waals surface area contributed by atoms with Crippen LogP contribution in [-0.2, 0) is 11.2 Å². The smallest absolute Gasteiger partial charge is 0.225 e. The average Bonchev–Trinajstić information content (AvgIpc) is 3.05. The molecule has 1 aliphatic carbocycles. The van der Waals surface area contributed by atoms with Crippen LogP contribution in [0.15, 0.2) is 30.5 Å². The molecule has 4 nitrogen and oxygen atoms in total. The van der Waals surface area contributed by atoms with Crippen molar-refractivity contribution in [1.82, 2.24) is 10.3 Å². The number of H-pyrrole nitrogens is 1. The molecule has 2 atom stereocenters. The highest BCUT2D eigenvalue weighted by Crippen LogP contribution is 2.25. The predicted octanol–water partition coefficient (Wildman–Crippen LogP) is 1.99. The van der Waals surface area contributed by atoms with E-state index in [-0.39, 0.29) is 11.8 Å². The molecule has 1 heterocycles. The third-order valence-electron chi connectivity index (χ3n) is 4.18. The fourth-order valence-corrected chi connectivity index (χ4v) is 3.04. The van der Waals surface area contributed by atoms with Crippen LogP contribution < -0.4 is 5.32 Å². The second-order valence-corrected chi connectivity index (χ2v) is 5.51. The summed E-state index contributed by atoms with van der Waals surface area (Å²) in [5.74, 6) is -0.215. The van der Waals surface area contributed by atoms with Crippen molar-refractivity contribution in [3.8, 4) is 0 Å². The van der Waals surface area contributed by atoms with E-state index in [1.807, 2.05) is 24.4 Å². The molecule has 1 aliphatic rings. The van der Waals surface area contributed by atoms with Gasteiger partial charge in [0.15, 0.2) is 0 Å². The fourth-order valence-electron chi connectivity index (χ4n) is 3.04. The minimum atomic E-state index is -0.455. The minimum Gasteiger partial charge on any atom is -0.392 e. The highest BCUT2D eigenvalue weighted by Gasteiger charge is 2.30. The molecule has 20 heavy (non-hydrogen) atoms. The number of aromatic amines is 1. The molecule has 0 bridgehead atoms. The van der Waals surface area contributed by atoms with Crippen LogP contribution in [0.1, 0.15) is 24.8 Å². The molecule has 106 valence electrons. The molecule has 1 fully saturated rings. The summed E-state index contributed by atoms with van der Waals surface area (Å²) in [6, 6.07) is 8.16. The maximum absolute atomic E-state index is 12.0. The zero-order chi connectivity index (χ0) is 13.9. The Morgan fingerprint density at radius 2 is 2.20 bits per heavy atom. The molecule has 1 saturated carbocycles. The van der Waals surface area contributed by atoms with Crippen LogP contribution in [0.2, 0.25) is 0 Å². The van der Waals surface area contributed by atoms with Crippen LogP contribution in [0.25, 0.3) is 10.9 Å². The molecule has 0 spiro atoms. The van der Waals surface area contributed by atoms with Gasteiger partial charge in [0, 0.05) is 23.6 Å². The number of carbonyl (C=O) groups is 1. The largest absolute Gasteiger partial charge is 0.392 e. The van der Waals surface area contributed by atoms with Crippen molar-refractivity contribution in [2.75, 3.05) is 6.54 Å². The van der Waals surface area contributed by atoms with Crippen molar-refractivity contribution in [1.29, 1.82) is 0 Å². The van der Waals surface area contributed by atoms with E-state index in [2.05, 4.69) is 16.4 Å². The zero-order valence-electron chi connectivity index (χ0n) is 11.4. The first kappa shape index (κ1) is 13.2. The average molecular weight is 272 g/mol. The van der Waals surface area contributed by atoms with Gasteiger partial charge in [-0.3, -0.25) is 4.79 Å². The number of aliphatic hydroxyl groups is 1. The number of aromatic nitrogens is 1. The molecule has 3 N–H and O–H groups in total. The fraction of sp³-hybridized carbons (Fsp3) is 0.438. The topological polar surface area (TPSA) is 65.1 Å². The highest BCUT2D eigenvalue weighted by atomic mass is 16.3. The highest BCUT2D eigenvalue weighted by molar-refractivity contribution is 5.83. The lowest BCUT2D eigenvalue weighted by Gasteiger charge is -2.14. The first-order chi connectivity index (χ1) is 9.75. The van der Waals surface area contributed by atoms with Gasteiger partial charge in [0.25, 0.3) is 0 Å². The van der Waals surface area contributed by atoms with Crippen molar-refractivity contribution in [2.24, 2.45) is 5.92 Å². The van der Waals surface area contributed by atoms with Gasteiger partial charge in [-0.1, -0.05) is 18.2 Å². The first-order valence-corrected chi connectivity index (χ1v) is 7.26. The summed E-state index contributed by atoms with van der Waals surface area (Å²) in [5.41, 5.74) is 2.34. The SMILES string of the molecule is O=C(NCCc1c[nH]c2ccccc12)C1CCCC1O. The molecular weight excluding hydrogens is 252 g/mol. The van der Waals surface area contributed by atoms with E-state index in [9.17, 15) is 9.90 Å². The number of hydrogen-bond donors (Lipinski definition) is 3. The molecule has 2 unspecified atom stereocenters. The van der Waals surface area contributed by atoms with Crippen LogP contribution in [0, 0.1) is 5.92 Å². The normalized spacial score (nSPS) is 22.2. The maximum atomic E-state index is 12.0. The minimum absolute atomic E-state index is 0.00478. The molecule has 1 aromatic carbocycles. The number of para-hydroxylation sites is 1. The second-order valence-electron chi connectivity index (χ2n) is 5.51. The number of rotatable bonds is 4. The lowest BCUT2D eigenvalue weighted by molar-refractivity contribution is -0.127. The van der Waals surface area contributed by atoms with E-state index in [1.165, 1.54) is 10.9 Å². The third kappa shape index (κ3) is 2.56. The third-order valence-corrected chi connectivity index (χ3v) is 4.18. The molecule has 0 aliphatic heterocycles. The number of amides is 1. The van der Waals surface area contributed by atoms with Gasteiger partial charge in [0.05, 0.1) is 12.0 Å². The summed E-state index contributed by atoms with van der Waals surface area (Å²) in [6.07, 6.45) is 4.85. The Morgan fingerprint density at radius 1 is 1.35 bits per heavy atom. The van der Waals surface area contributed by atoms with Gasteiger partial charge in [-0.25, -0.2) is 0 Å². The number of carbonyl (C=O) groups excluding carboxylic acids is 1. The summed E-state index contributed by atoms with van der Waals surface area (Å²) in [7, 11) is 0. The lowest BCUT2D eigenvalue weighted by Crippen LogP contribution is -2.35. The predicted molar refractivity (Wildman–Crippen MR) is 78.4 cm³/mol. The van der Waals surface area contributed by atoms with Crippen molar-refractivity contribution in [3.63, 3.8) is 0 Å². The summed E-state index contributed by atoms with van der Waals surface area (Å²) in [5, 5.41) is 13.9. The van der Waals surface area contributed by atoms with Crippen LogP contribution in [-0.4, -0.2) is 28.6 Å². The van der Waals surface area contributed by atoms with Crippen LogP contribution in [0.5, 0.6) is 0 Å². The van der Waals surface area contributed by atoms with Crippen molar-refractivity contribution >= 4 is 16.8 Å². The van der Waals surface area contributed by atoms with Gasteiger partial charge in [-0.15, -0.1) is 0 Å². The van der Waals surface area contributed by atoms with Crippen LogP contribution >= 0.6 is 0 Å². The number of benzene rings is 1. The number of hydrogen-bond acceptors (Lipinski definition) is 2. The Kier molecular flexibility index (Phi) is 3.74. The number of aliphatic hydroxyl groups excluding tert-OH is 1. The summed E-state index contributed by atoms with van der Waals surface area (Å²) in [4.78, 5) is 15.2. The lowest BCUT2D eigenvalue weighted by atomic mass is 10.1. The standard InChI is InChI=1S/C16H20N2O2/c19-15-7-3-5-13(15)16(20)17-9-8-11-10-18-14-6-2-1-4-12(11)14/h1-2,4,6,10,13,15,18-19H,3,5,7-9H2,(H,17,20). The Balaban J connectivity index is 1.56. The van der Waals surface area contributed by atoms with Crippen molar-refractivity contribution in [3.05, 3.63) is 36.0 Å². The van der Waals surface area contributed by atoms with Gasteiger partial charge in [0.2, 0.25) is 5.91 Å². The second kappa shape index (κ2) is 5.67. The molecule has 4 heteroatoms. The number of fused-ring (bicyclic) bond motifs is 1. The zero-order valence-corrected chi connectivity index (χ0v) is 11.4. The summed E-state index contributed by atoms with van der Waals surface area (Å²) < 4.78 is 0. The molecule has 1 amide bonds. The van der Waals surface area contributed by atoms with Gasteiger partial charge in [0.1, 0.15) is 0 Å². The molecule has 2 aromatic rings. The van der Waals surface area contributed by atoms with Gasteiger partial charge in [-0.05, 0) is 37.3 Å². The van der Waals surface area contributed by atoms with Crippen LogP contribution in [0.4, 0.5) is 0 Å². The van der Waals surface area contributed by atoms with Gasteiger partial charge in [-0.2, -0.15) is 0 Å². The van der Waals surface area contributed by atoms with Gasteiger partial charge >= 0.3 is 0 Å². The van der Waals surface area contributed by atoms with Crippen molar-refractivity contribution < 1.29 is 9.90 Å². The Bertz CT molecular complexity index is 605. The van der Waals surface area contributed by atoms with Crippen molar-refractivity contribution in [2.45, 2.75) is 31.8 Å². The first-order valence-electron chi connectivity index (χ1n) is 7.26. The van der Waals surface area contributed by atoms with E-state index in [0.29, 0.717) is 6.54 Å². The summed E-state index contributed by atoms with van der Waals surface area (Å²) >= 11 is 0. The number of nitrogens with one attached hydrogen (secondary N) is 2. The van der Waals surface area contributed by atoms with E-state index >= 15 is 0 Å². The van der Waals surface area contributed by atoms with Gasteiger partial charge < -0.3 is 15.4 Å². The maximum Gasteiger partial charge on any atom is 0.225 e. The Labute approximate surface area is 118 Å². The molecule has 0 radical (unpaired) electrons. The Hall–Kier alpha value is -1.81. The summed E-state index contributed by atoms with van der Waals surface area (Å²) in [6.45, 7) is 0.615. The molecule has 1 aromatic heterocycles. The van der Waals surface area contributed by atoms with E-state index in [1.54, 1.807) is 0 Å². The molecular formula is C16H20N2O2. The van der Waals surface area contributed by atoms with E-state index in [0.717, 1.165) is 31.2 Å². The van der Waals surface area contributed by atoms with Crippen LogP contribution in [0.3, 0.4) is 0 Å². The monoisotopic (exact) mass is 272 g/mol. The van der Waals surface area contributed by atoms with E-state index in [4.69, 9.17) is 0 Å². The Morgan fingerprint density at radius 3 is 3.00 bits per heavy atom.